The SMILES string of the molecule is c1ccc(Nc2ccc(Oc3nccnc3-c3cccc4ncccc34)cc2)nc1. The zero-order chi connectivity index (χ0) is 20.2. The lowest BCUT2D eigenvalue weighted by Crippen LogP contribution is -1.96. The molecule has 1 N–H and O–H groups in total. The summed E-state index contributed by atoms with van der Waals surface area (Å²) in [5.41, 5.74) is 3.42. The fourth-order valence-corrected chi connectivity index (χ4v) is 3.20. The Bertz CT molecular complexity index is 1280. The Kier molecular flexibility index (Phi) is 4.72. The molecule has 2 aromatic carbocycles. The van der Waals surface area contributed by atoms with Crippen molar-refractivity contribution in [2.24, 2.45) is 0 Å². The van der Waals surface area contributed by atoms with E-state index in [1.54, 1.807) is 24.8 Å². The highest BCUT2D eigenvalue weighted by molar-refractivity contribution is 5.94. The van der Waals surface area contributed by atoms with Crippen molar-refractivity contribution in [3.8, 4) is 22.9 Å². The molecule has 3 heterocycles. The number of rotatable bonds is 5. The van der Waals surface area contributed by atoms with Crippen LogP contribution < -0.4 is 10.1 Å². The van der Waals surface area contributed by atoms with Crippen LogP contribution in [-0.4, -0.2) is 19.9 Å². The van der Waals surface area contributed by atoms with E-state index in [-0.39, 0.29) is 0 Å². The van der Waals surface area contributed by atoms with Crippen molar-refractivity contribution in [3.63, 3.8) is 0 Å². The van der Waals surface area contributed by atoms with E-state index in [0.29, 0.717) is 17.3 Å². The third-order valence-electron chi connectivity index (χ3n) is 4.57. The van der Waals surface area contributed by atoms with Gasteiger partial charge in [0, 0.05) is 41.4 Å². The molecule has 0 saturated carbocycles. The summed E-state index contributed by atoms with van der Waals surface area (Å²) >= 11 is 0. The van der Waals surface area contributed by atoms with Gasteiger partial charge in [0.1, 0.15) is 17.3 Å². The third kappa shape index (κ3) is 3.66. The second kappa shape index (κ2) is 7.97. The van der Waals surface area contributed by atoms with E-state index in [9.17, 15) is 0 Å². The average Bonchev–Trinajstić information content (AvgIpc) is 2.81. The largest absolute Gasteiger partial charge is 0.437 e. The highest BCUT2D eigenvalue weighted by atomic mass is 16.5. The molecule has 6 heteroatoms. The van der Waals surface area contributed by atoms with E-state index in [0.717, 1.165) is 28.0 Å². The Morgan fingerprint density at radius 1 is 0.633 bits per heavy atom. The topological polar surface area (TPSA) is 72.8 Å². The molecule has 144 valence electrons. The maximum atomic E-state index is 6.08. The maximum Gasteiger partial charge on any atom is 0.246 e. The van der Waals surface area contributed by atoms with Crippen molar-refractivity contribution < 1.29 is 4.74 Å². The maximum absolute atomic E-state index is 6.08. The minimum atomic E-state index is 0.444. The van der Waals surface area contributed by atoms with Crippen molar-refractivity contribution in [2.75, 3.05) is 5.32 Å². The summed E-state index contributed by atoms with van der Waals surface area (Å²) in [6.45, 7) is 0. The van der Waals surface area contributed by atoms with Gasteiger partial charge in [-0.3, -0.25) is 4.98 Å². The first-order valence-electron chi connectivity index (χ1n) is 9.48. The van der Waals surface area contributed by atoms with Crippen LogP contribution in [0.3, 0.4) is 0 Å². The highest BCUT2D eigenvalue weighted by Crippen LogP contribution is 2.33. The van der Waals surface area contributed by atoms with E-state index >= 15 is 0 Å². The Morgan fingerprint density at radius 3 is 2.37 bits per heavy atom. The molecule has 0 saturated heterocycles. The van der Waals surface area contributed by atoms with E-state index in [1.807, 2.05) is 72.8 Å². The van der Waals surface area contributed by atoms with Gasteiger partial charge >= 0.3 is 0 Å². The molecule has 0 bridgehead atoms. The first-order valence-corrected chi connectivity index (χ1v) is 9.48. The minimum Gasteiger partial charge on any atom is -0.437 e. The fourth-order valence-electron chi connectivity index (χ4n) is 3.20. The standard InChI is InChI=1S/C24H17N5O/c1-2-13-26-22(8-1)29-17-9-11-18(12-10-17)30-24-23(27-15-16-28-24)20-5-3-7-21-19(20)6-4-14-25-21/h1-16H,(H,26,29). The Hall–Kier alpha value is -4.32. The lowest BCUT2D eigenvalue weighted by Gasteiger charge is -2.11. The van der Waals surface area contributed by atoms with Crippen LogP contribution in [0.4, 0.5) is 11.5 Å². The second-order valence-corrected chi connectivity index (χ2v) is 6.55. The van der Waals surface area contributed by atoms with Crippen molar-refractivity contribution in [1.82, 2.24) is 19.9 Å². The lowest BCUT2D eigenvalue weighted by molar-refractivity contribution is 0.462. The number of nitrogens with one attached hydrogen (secondary N) is 1. The van der Waals surface area contributed by atoms with Gasteiger partial charge in [0.2, 0.25) is 5.88 Å². The number of hydrogen-bond donors (Lipinski definition) is 1. The summed E-state index contributed by atoms with van der Waals surface area (Å²) in [6, 6.07) is 23.2. The van der Waals surface area contributed by atoms with Crippen molar-refractivity contribution in [2.45, 2.75) is 0 Å². The summed E-state index contributed by atoms with van der Waals surface area (Å²) in [5, 5.41) is 4.25. The fraction of sp³-hybridized carbons (Fsp3) is 0. The van der Waals surface area contributed by atoms with Gasteiger partial charge in [-0.25, -0.2) is 15.0 Å². The molecule has 3 aromatic heterocycles. The van der Waals surface area contributed by atoms with Crippen molar-refractivity contribution in [1.29, 1.82) is 0 Å². The normalized spacial score (nSPS) is 10.7. The molecule has 5 aromatic rings. The number of nitrogens with zero attached hydrogens (tertiary/aromatic N) is 4. The highest BCUT2D eigenvalue weighted by Gasteiger charge is 2.13. The van der Waals surface area contributed by atoms with Crippen LogP contribution in [0.1, 0.15) is 0 Å². The van der Waals surface area contributed by atoms with Gasteiger partial charge in [-0.2, -0.15) is 0 Å². The predicted molar refractivity (Wildman–Crippen MR) is 117 cm³/mol. The first kappa shape index (κ1) is 17.8. The molecular weight excluding hydrogens is 374 g/mol. The Balaban J connectivity index is 1.44. The van der Waals surface area contributed by atoms with Gasteiger partial charge in [0.25, 0.3) is 0 Å². The molecule has 0 aliphatic carbocycles. The van der Waals surface area contributed by atoms with Crippen LogP contribution >= 0.6 is 0 Å². The van der Waals surface area contributed by atoms with Crippen LogP contribution in [0.2, 0.25) is 0 Å². The number of ether oxygens (including phenoxy) is 1. The molecule has 0 spiro atoms. The minimum absolute atomic E-state index is 0.444. The zero-order valence-corrected chi connectivity index (χ0v) is 15.9. The number of pyridine rings is 2. The second-order valence-electron chi connectivity index (χ2n) is 6.55. The van der Waals surface area contributed by atoms with E-state index < -0.39 is 0 Å². The summed E-state index contributed by atoms with van der Waals surface area (Å²) in [6.07, 6.45) is 6.81. The summed E-state index contributed by atoms with van der Waals surface area (Å²) in [4.78, 5) is 17.6. The summed E-state index contributed by atoms with van der Waals surface area (Å²) in [5.74, 6) is 1.90. The Labute approximate surface area is 173 Å². The predicted octanol–water partition coefficient (Wildman–Crippen LogP) is 5.62. The molecule has 0 unspecified atom stereocenters. The monoisotopic (exact) mass is 391 g/mol. The number of anilines is 2. The molecule has 0 aliphatic heterocycles. The van der Waals surface area contributed by atoms with Gasteiger partial charge in [-0.1, -0.05) is 24.3 Å². The third-order valence-corrected chi connectivity index (χ3v) is 4.57. The van der Waals surface area contributed by atoms with Crippen LogP contribution in [0.25, 0.3) is 22.2 Å². The molecule has 0 fully saturated rings. The molecular formula is C24H17N5O. The lowest BCUT2D eigenvalue weighted by atomic mass is 10.1. The van der Waals surface area contributed by atoms with Gasteiger partial charge in [-0.15, -0.1) is 0 Å². The summed E-state index contributed by atoms with van der Waals surface area (Å²) in [7, 11) is 0. The van der Waals surface area contributed by atoms with E-state index in [2.05, 4.69) is 25.3 Å². The molecule has 0 radical (unpaired) electrons. The average molecular weight is 391 g/mol. The molecule has 0 atom stereocenters. The van der Waals surface area contributed by atoms with Crippen molar-refractivity contribution >= 4 is 22.4 Å². The van der Waals surface area contributed by atoms with E-state index in [4.69, 9.17) is 4.74 Å². The van der Waals surface area contributed by atoms with Crippen LogP contribution in [0, 0.1) is 0 Å². The van der Waals surface area contributed by atoms with Crippen LogP contribution in [0.15, 0.2) is 97.6 Å². The number of aromatic nitrogens is 4. The van der Waals surface area contributed by atoms with Gasteiger partial charge in [-0.05, 0) is 48.5 Å². The van der Waals surface area contributed by atoms with Gasteiger partial charge in [0.05, 0.1) is 5.52 Å². The first-order chi connectivity index (χ1) is 14.9. The number of fused-ring (bicyclic) bond motifs is 1. The van der Waals surface area contributed by atoms with Crippen LogP contribution in [-0.2, 0) is 0 Å². The number of benzene rings is 2. The molecule has 0 aliphatic rings. The Morgan fingerprint density at radius 2 is 1.50 bits per heavy atom. The molecule has 0 amide bonds. The smallest absolute Gasteiger partial charge is 0.246 e. The molecule has 30 heavy (non-hydrogen) atoms. The van der Waals surface area contributed by atoms with Crippen LogP contribution in [0.5, 0.6) is 11.6 Å². The van der Waals surface area contributed by atoms with Crippen molar-refractivity contribution in [3.05, 3.63) is 97.6 Å². The number of hydrogen-bond acceptors (Lipinski definition) is 6. The quantitative estimate of drug-likeness (QED) is 0.419. The molecule has 6 nitrogen and oxygen atoms in total. The molecule has 5 rings (SSSR count). The zero-order valence-electron chi connectivity index (χ0n) is 15.9. The van der Waals surface area contributed by atoms with Gasteiger partial charge < -0.3 is 10.1 Å². The van der Waals surface area contributed by atoms with Gasteiger partial charge in [0.15, 0.2) is 0 Å². The van der Waals surface area contributed by atoms with E-state index in [1.165, 1.54) is 0 Å². The summed E-state index contributed by atoms with van der Waals surface area (Å²) < 4.78 is 6.08.